The molecule has 1 saturated carbocycles. The number of amides is 3. The van der Waals surface area contributed by atoms with Gasteiger partial charge in [0.05, 0.1) is 5.69 Å². The highest BCUT2D eigenvalue weighted by Gasteiger charge is 2.26. The molecule has 1 aliphatic heterocycles. The molecule has 0 radical (unpaired) electrons. The van der Waals surface area contributed by atoms with Gasteiger partial charge in [0, 0.05) is 31.0 Å². The first kappa shape index (κ1) is 21.2. The number of halogens is 1. The zero-order chi connectivity index (χ0) is 18.5. The van der Waals surface area contributed by atoms with Crippen LogP contribution in [0, 0.1) is 5.92 Å². The minimum absolute atomic E-state index is 0. The van der Waals surface area contributed by atoms with Crippen molar-refractivity contribution in [2.24, 2.45) is 11.7 Å². The van der Waals surface area contributed by atoms with Crippen molar-refractivity contribution in [2.75, 3.05) is 11.6 Å². The predicted octanol–water partition coefficient (Wildman–Crippen LogP) is 1.90. The van der Waals surface area contributed by atoms with Gasteiger partial charge in [-0.1, -0.05) is 19.3 Å². The molecule has 1 heterocycles. The molecule has 2 aliphatic rings. The van der Waals surface area contributed by atoms with Gasteiger partial charge in [-0.05, 0) is 43.0 Å². The van der Waals surface area contributed by atoms with E-state index in [9.17, 15) is 14.4 Å². The number of anilines is 1. The van der Waals surface area contributed by atoms with E-state index in [1.54, 1.807) is 24.3 Å². The Balaban J connectivity index is 0.00000261. The van der Waals surface area contributed by atoms with Gasteiger partial charge in [0.1, 0.15) is 0 Å². The van der Waals surface area contributed by atoms with Crippen molar-refractivity contribution in [3.8, 4) is 0 Å². The first-order chi connectivity index (χ1) is 12.6. The summed E-state index contributed by atoms with van der Waals surface area (Å²) in [6.45, 7) is 0.433. The number of carbonyl (C=O) groups is 3. The highest BCUT2D eigenvalue weighted by atomic mass is 35.5. The quantitative estimate of drug-likeness (QED) is 0.709. The predicted molar refractivity (Wildman–Crippen MR) is 105 cm³/mol. The lowest BCUT2D eigenvalue weighted by atomic mass is 9.84. The number of hydrogen-bond acceptors (Lipinski definition) is 4. The van der Waals surface area contributed by atoms with Crippen molar-refractivity contribution in [1.82, 2.24) is 10.7 Å². The fraction of sp³-hybridized carbons (Fsp3) is 0.526. The van der Waals surface area contributed by atoms with Crippen molar-refractivity contribution in [2.45, 2.75) is 51.0 Å². The lowest BCUT2D eigenvalue weighted by Gasteiger charge is -2.30. The lowest BCUT2D eigenvalue weighted by molar-refractivity contribution is -0.130. The molecule has 1 aliphatic carbocycles. The molecule has 4 N–H and O–H groups in total. The largest absolute Gasteiger partial charge is 0.348 e. The van der Waals surface area contributed by atoms with E-state index in [-0.39, 0.29) is 49.0 Å². The Labute approximate surface area is 165 Å². The van der Waals surface area contributed by atoms with Crippen LogP contribution in [-0.4, -0.2) is 30.3 Å². The van der Waals surface area contributed by atoms with Crippen molar-refractivity contribution < 1.29 is 14.4 Å². The maximum Gasteiger partial charge on any atom is 0.251 e. The molecule has 1 atom stereocenters. The highest BCUT2D eigenvalue weighted by Crippen LogP contribution is 2.26. The van der Waals surface area contributed by atoms with Crippen molar-refractivity contribution in [1.29, 1.82) is 0 Å². The van der Waals surface area contributed by atoms with Crippen LogP contribution in [0.2, 0.25) is 0 Å². The molecular weight excluding hydrogens is 368 g/mol. The van der Waals surface area contributed by atoms with E-state index in [4.69, 9.17) is 5.73 Å². The van der Waals surface area contributed by atoms with E-state index in [2.05, 4.69) is 10.7 Å². The molecule has 3 amide bonds. The Kier molecular flexibility index (Phi) is 7.62. The van der Waals surface area contributed by atoms with E-state index < -0.39 is 0 Å². The summed E-state index contributed by atoms with van der Waals surface area (Å²) < 4.78 is 0. The second-order valence-electron chi connectivity index (χ2n) is 7.02. The summed E-state index contributed by atoms with van der Waals surface area (Å²) >= 11 is 0. The van der Waals surface area contributed by atoms with Crippen LogP contribution in [0.3, 0.4) is 0 Å². The Morgan fingerprint density at radius 2 is 1.81 bits per heavy atom. The van der Waals surface area contributed by atoms with E-state index in [0.29, 0.717) is 23.7 Å². The number of benzene rings is 1. The number of carbonyl (C=O) groups excluding carboxylic acids is 3. The Morgan fingerprint density at radius 3 is 2.44 bits per heavy atom. The summed E-state index contributed by atoms with van der Waals surface area (Å²) in [6, 6.07) is 6.64. The molecule has 27 heavy (non-hydrogen) atoms. The molecular formula is C19H27ClN4O3. The zero-order valence-corrected chi connectivity index (χ0v) is 16.1. The topological polar surface area (TPSA) is 105 Å². The average molecular weight is 395 g/mol. The number of nitrogens with zero attached hydrogens (tertiary/aromatic N) is 1. The maximum atomic E-state index is 12.5. The maximum absolute atomic E-state index is 12.5. The fourth-order valence-corrected chi connectivity index (χ4v) is 3.70. The molecule has 1 aromatic carbocycles. The number of rotatable bonds is 5. The fourth-order valence-electron chi connectivity index (χ4n) is 3.70. The van der Waals surface area contributed by atoms with Gasteiger partial charge in [-0.25, -0.2) is 5.01 Å². The second kappa shape index (κ2) is 9.71. The van der Waals surface area contributed by atoms with Gasteiger partial charge < -0.3 is 11.1 Å². The number of hydrogen-bond donors (Lipinski definition) is 3. The second-order valence-corrected chi connectivity index (χ2v) is 7.02. The summed E-state index contributed by atoms with van der Waals surface area (Å²) in [6.07, 6.45) is 6.26. The van der Waals surface area contributed by atoms with Crippen LogP contribution in [0.4, 0.5) is 5.69 Å². The summed E-state index contributed by atoms with van der Waals surface area (Å²) in [5.41, 5.74) is 9.48. The molecule has 3 rings (SSSR count). The summed E-state index contributed by atoms with van der Waals surface area (Å²) in [5, 5.41) is 4.29. The molecule has 148 valence electrons. The molecule has 1 saturated heterocycles. The highest BCUT2D eigenvalue weighted by molar-refractivity contribution is 6.01. The molecule has 0 spiro atoms. The van der Waals surface area contributed by atoms with E-state index in [1.165, 1.54) is 24.3 Å². The monoisotopic (exact) mass is 394 g/mol. The van der Waals surface area contributed by atoms with Crippen LogP contribution < -0.4 is 21.5 Å². The van der Waals surface area contributed by atoms with Gasteiger partial charge in [-0.2, -0.15) is 0 Å². The average Bonchev–Trinajstić information content (AvgIpc) is 2.68. The summed E-state index contributed by atoms with van der Waals surface area (Å²) in [5.74, 6) is -0.0725. The van der Waals surface area contributed by atoms with Crippen LogP contribution in [0.1, 0.15) is 55.3 Å². The number of hydrazine groups is 1. The smallest absolute Gasteiger partial charge is 0.251 e. The molecule has 8 heteroatoms. The van der Waals surface area contributed by atoms with Crippen LogP contribution in [0.15, 0.2) is 24.3 Å². The van der Waals surface area contributed by atoms with Crippen molar-refractivity contribution in [3.63, 3.8) is 0 Å². The lowest BCUT2D eigenvalue weighted by Crippen LogP contribution is -2.50. The van der Waals surface area contributed by atoms with Gasteiger partial charge >= 0.3 is 0 Å². The third kappa shape index (κ3) is 5.20. The number of nitrogens with two attached hydrogens (primary N) is 1. The van der Waals surface area contributed by atoms with Gasteiger partial charge in [-0.15, -0.1) is 12.4 Å². The van der Waals surface area contributed by atoms with E-state index >= 15 is 0 Å². The number of nitrogens with one attached hydrogen (secondary N) is 2. The Bertz CT molecular complexity index is 674. The molecule has 0 aromatic heterocycles. The SMILES string of the molecule is Cl.NCC(NC(=O)c1ccc(N2NC(=O)CCC2=O)cc1)C1CCCCC1. The van der Waals surface area contributed by atoms with Gasteiger partial charge in [-0.3, -0.25) is 19.8 Å². The van der Waals surface area contributed by atoms with E-state index in [1.807, 2.05) is 0 Å². The first-order valence-corrected chi connectivity index (χ1v) is 9.32. The molecule has 7 nitrogen and oxygen atoms in total. The van der Waals surface area contributed by atoms with Gasteiger partial charge in [0.25, 0.3) is 5.91 Å². The van der Waals surface area contributed by atoms with E-state index in [0.717, 1.165) is 12.8 Å². The van der Waals surface area contributed by atoms with Crippen LogP contribution >= 0.6 is 12.4 Å². The van der Waals surface area contributed by atoms with Crippen LogP contribution in [-0.2, 0) is 9.59 Å². The molecule has 1 aromatic rings. The minimum Gasteiger partial charge on any atom is -0.348 e. The normalized spacial score (nSPS) is 19.1. The summed E-state index contributed by atoms with van der Waals surface area (Å²) in [7, 11) is 0. The molecule has 2 fully saturated rings. The summed E-state index contributed by atoms with van der Waals surface area (Å²) in [4.78, 5) is 36.0. The van der Waals surface area contributed by atoms with Crippen LogP contribution in [0.25, 0.3) is 0 Å². The minimum atomic E-state index is -0.190. The van der Waals surface area contributed by atoms with Crippen molar-refractivity contribution >= 4 is 35.8 Å². The Morgan fingerprint density at radius 1 is 1.15 bits per heavy atom. The van der Waals surface area contributed by atoms with Crippen molar-refractivity contribution in [3.05, 3.63) is 29.8 Å². The molecule has 1 unspecified atom stereocenters. The zero-order valence-electron chi connectivity index (χ0n) is 15.3. The standard InChI is InChI=1S/C19H26N4O3.ClH/c20-12-16(13-4-2-1-3-5-13)21-19(26)14-6-8-15(9-7-14)23-18(25)11-10-17(24)22-23;/h6-9,13,16H,1-5,10-12,20H2,(H,21,26)(H,22,24);1H. The third-order valence-corrected chi connectivity index (χ3v) is 5.23. The van der Waals surface area contributed by atoms with Gasteiger partial charge in [0.15, 0.2) is 0 Å². The Hall–Kier alpha value is -2.12. The molecule has 0 bridgehead atoms. The third-order valence-electron chi connectivity index (χ3n) is 5.23. The first-order valence-electron chi connectivity index (χ1n) is 9.32. The van der Waals surface area contributed by atoms with Gasteiger partial charge in [0.2, 0.25) is 11.8 Å². The van der Waals surface area contributed by atoms with Crippen LogP contribution in [0.5, 0.6) is 0 Å².